The lowest BCUT2D eigenvalue weighted by molar-refractivity contribution is -0.143. The monoisotopic (exact) mass is 816 g/mol. The Morgan fingerprint density at radius 2 is 1.66 bits per heavy atom. The van der Waals surface area contributed by atoms with Gasteiger partial charge in [0.05, 0.1) is 34.3 Å². The number of amides is 4. The van der Waals surface area contributed by atoms with E-state index in [1.165, 1.54) is 53.9 Å². The number of likely N-dealkylation sites (tertiary alicyclic amines) is 1. The van der Waals surface area contributed by atoms with Gasteiger partial charge in [0.1, 0.15) is 22.9 Å². The smallest absolute Gasteiger partial charge is 0.287 e. The molecule has 4 aliphatic rings. The Labute approximate surface area is 325 Å². The molecule has 0 spiro atoms. The summed E-state index contributed by atoms with van der Waals surface area (Å²) in [4.78, 5) is 73.7. The van der Waals surface area contributed by atoms with E-state index < -0.39 is 96.8 Å². The zero-order chi connectivity index (χ0) is 40.6. The van der Waals surface area contributed by atoms with Crippen molar-refractivity contribution < 1.29 is 45.9 Å². The molecule has 3 heterocycles. The van der Waals surface area contributed by atoms with E-state index in [0.29, 0.717) is 0 Å². The topological polar surface area (TPSA) is 270 Å². The second-order valence-electron chi connectivity index (χ2n) is 15.9. The molecule has 4 amide bonds. The Bertz CT molecular complexity index is 2120. The van der Waals surface area contributed by atoms with E-state index in [1.807, 2.05) is 0 Å². The molecule has 5 N–H and O–H groups in total. The average molecular weight is 817 g/mol. The third-order valence-electron chi connectivity index (χ3n) is 11.1. The van der Waals surface area contributed by atoms with Crippen LogP contribution in [0.5, 0.6) is 0 Å². The SMILES string of the molecule is CC(C)(O)c1cnnn1[C@H]1C[C@@H](C(=O)NC2(C(=O)C(N)=O)CCS(=O)(=O)CC2)N(C(=O)C(CC2CCCCC2)=NC(=O)c2ccc(S(=O)(=O)NC3CC3)cc2)C1. The lowest BCUT2D eigenvalue weighted by Gasteiger charge is -2.37. The number of nitrogens with zero attached hydrogens (tertiary/aromatic N) is 5. The molecule has 304 valence electrons. The first-order chi connectivity index (χ1) is 26.3. The van der Waals surface area contributed by atoms with Crippen LogP contribution in [0.25, 0.3) is 0 Å². The van der Waals surface area contributed by atoms with Crippen LogP contribution in [-0.4, -0.2) is 113 Å². The van der Waals surface area contributed by atoms with E-state index in [9.17, 15) is 45.9 Å². The molecule has 1 aromatic carbocycles. The van der Waals surface area contributed by atoms with E-state index in [4.69, 9.17) is 5.73 Å². The van der Waals surface area contributed by atoms with Gasteiger partial charge in [-0.05, 0) is 76.1 Å². The number of sulfone groups is 1. The number of benzene rings is 1. The lowest BCUT2D eigenvalue weighted by atomic mass is 9.85. The molecule has 2 aromatic rings. The minimum absolute atomic E-state index is 0.00342. The zero-order valence-electron chi connectivity index (χ0n) is 31.3. The van der Waals surface area contributed by atoms with Gasteiger partial charge in [0.2, 0.25) is 21.7 Å². The number of Topliss-reactive ketones (excluding diaryl/α,β-unsaturated/α-hetero) is 1. The predicted octanol–water partition coefficient (Wildman–Crippen LogP) is 0.458. The summed E-state index contributed by atoms with van der Waals surface area (Å²) >= 11 is 0. The molecule has 0 unspecified atom stereocenters. The van der Waals surface area contributed by atoms with Crippen molar-refractivity contribution in [2.45, 2.75) is 119 Å². The molecule has 1 aromatic heterocycles. The fraction of sp³-hybridized carbons (Fsp3) is 0.611. The Kier molecular flexibility index (Phi) is 11.7. The number of carbonyl (C=O) groups is 5. The second-order valence-corrected chi connectivity index (χ2v) is 19.9. The van der Waals surface area contributed by atoms with Crippen molar-refractivity contribution in [2.24, 2.45) is 16.6 Å². The van der Waals surface area contributed by atoms with Gasteiger partial charge in [-0.15, -0.1) is 5.10 Å². The Morgan fingerprint density at radius 3 is 2.25 bits per heavy atom. The van der Waals surface area contributed by atoms with Crippen LogP contribution in [0.1, 0.15) is 107 Å². The number of ketones is 1. The third-order valence-corrected chi connectivity index (χ3v) is 14.3. The van der Waals surface area contributed by atoms with Crippen molar-refractivity contribution in [3.05, 3.63) is 41.7 Å². The number of sulfonamides is 1. The summed E-state index contributed by atoms with van der Waals surface area (Å²) in [5, 5.41) is 21.6. The molecule has 2 saturated carbocycles. The van der Waals surface area contributed by atoms with Crippen LogP contribution < -0.4 is 15.8 Å². The molecule has 0 bridgehead atoms. The molecular weight excluding hydrogens is 769 g/mol. The van der Waals surface area contributed by atoms with Crippen molar-refractivity contribution in [3.63, 3.8) is 0 Å². The number of hydrogen-bond donors (Lipinski definition) is 4. The van der Waals surface area contributed by atoms with E-state index in [2.05, 4.69) is 25.3 Å². The van der Waals surface area contributed by atoms with Crippen molar-refractivity contribution in [1.82, 2.24) is 29.9 Å². The highest BCUT2D eigenvalue weighted by molar-refractivity contribution is 7.91. The zero-order valence-corrected chi connectivity index (χ0v) is 33.0. The Hall–Kier alpha value is -4.40. The molecule has 56 heavy (non-hydrogen) atoms. The van der Waals surface area contributed by atoms with Crippen molar-refractivity contribution >= 4 is 55.0 Å². The predicted molar refractivity (Wildman–Crippen MR) is 200 cm³/mol. The normalized spacial score (nSPS) is 23.1. The van der Waals surface area contributed by atoms with Crippen LogP contribution >= 0.6 is 0 Å². The minimum atomic E-state index is -3.79. The maximum atomic E-state index is 14.8. The van der Waals surface area contributed by atoms with Crippen molar-refractivity contribution in [1.29, 1.82) is 0 Å². The van der Waals surface area contributed by atoms with Gasteiger partial charge < -0.3 is 21.1 Å². The number of primary amides is 1. The summed E-state index contributed by atoms with van der Waals surface area (Å²) < 4.78 is 54.1. The van der Waals surface area contributed by atoms with Crippen LogP contribution in [0.4, 0.5) is 0 Å². The summed E-state index contributed by atoms with van der Waals surface area (Å²) in [6, 6.07) is 3.03. The number of aliphatic hydroxyl groups is 1. The number of aromatic nitrogens is 3. The fourth-order valence-corrected chi connectivity index (χ4v) is 10.6. The molecule has 2 saturated heterocycles. The Morgan fingerprint density at radius 1 is 1.02 bits per heavy atom. The molecule has 2 atom stereocenters. The molecular formula is C36H48N8O10S2. The highest BCUT2D eigenvalue weighted by Crippen LogP contribution is 2.34. The summed E-state index contributed by atoms with van der Waals surface area (Å²) in [6.45, 7) is 2.88. The van der Waals surface area contributed by atoms with Gasteiger partial charge in [0, 0.05) is 24.6 Å². The van der Waals surface area contributed by atoms with Crippen molar-refractivity contribution in [2.75, 3.05) is 18.1 Å². The van der Waals surface area contributed by atoms with E-state index >= 15 is 0 Å². The van der Waals surface area contributed by atoms with Gasteiger partial charge in [-0.1, -0.05) is 37.3 Å². The van der Waals surface area contributed by atoms with Crippen molar-refractivity contribution in [3.8, 4) is 0 Å². The molecule has 2 aliphatic heterocycles. The second kappa shape index (κ2) is 15.9. The maximum Gasteiger partial charge on any atom is 0.287 e. The first-order valence-corrected chi connectivity index (χ1v) is 22.1. The fourth-order valence-electron chi connectivity index (χ4n) is 7.73. The van der Waals surface area contributed by atoms with E-state index in [-0.39, 0.29) is 53.2 Å². The standard InChI is InChI=1S/C36H48N8O10S2/c1-35(2,50)29-20-38-42-44(29)25-19-28(33(48)40-36(30(45)31(37)46)14-16-55(51,52)17-15-36)43(21-25)34(49)27(18-22-6-4-3-5-7-22)39-32(47)23-8-12-26(13-9-23)56(53,54)41-24-10-11-24/h8-9,12-13,20,22,24-25,28,41,50H,3-7,10-11,14-19,21H2,1-2H3,(H2,37,46)(H,40,48)/t25-,28-/m0/s1. The number of nitrogens with one attached hydrogen (secondary N) is 2. The highest BCUT2D eigenvalue weighted by atomic mass is 32.2. The summed E-state index contributed by atoms with van der Waals surface area (Å²) in [5.74, 6) is -5.89. The summed E-state index contributed by atoms with van der Waals surface area (Å²) in [5.41, 5.74) is 2.21. The Balaban J connectivity index is 1.35. The van der Waals surface area contributed by atoms with Gasteiger partial charge in [-0.2, -0.15) is 0 Å². The number of rotatable bonds is 13. The molecule has 4 fully saturated rings. The molecule has 0 radical (unpaired) electrons. The van der Waals surface area contributed by atoms with Crippen LogP contribution in [0.2, 0.25) is 0 Å². The third kappa shape index (κ3) is 9.24. The maximum absolute atomic E-state index is 14.8. The van der Waals surface area contributed by atoms with E-state index in [1.54, 1.807) is 0 Å². The first-order valence-electron chi connectivity index (χ1n) is 18.8. The average Bonchev–Trinajstić information content (AvgIpc) is 3.60. The minimum Gasteiger partial charge on any atom is -0.384 e. The molecule has 18 nitrogen and oxygen atoms in total. The highest BCUT2D eigenvalue weighted by Gasteiger charge is 2.50. The van der Waals surface area contributed by atoms with Gasteiger partial charge in [-0.3, -0.25) is 24.0 Å². The van der Waals surface area contributed by atoms with Crippen LogP contribution in [0.3, 0.4) is 0 Å². The van der Waals surface area contributed by atoms with Crippen LogP contribution in [0, 0.1) is 5.92 Å². The van der Waals surface area contributed by atoms with Gasteiger partial charge >= 0.3 is 0 Å². The molecule has 2 aliphatic carbocycles. The number of carbonyl (C=O) groups excluding carboxylic acids is 5. The summed E-state index contributed by atoms with van der Waals surface area (Å²) in [6.07, 6.45) is 6.47. The number of nitrogens with two attached hydrogens (primary N) is 1. The van der Waals surface area contributed by atoms with Gasteiger partial charge in [0.25, 0.3) is 17.7 Å². The number of hydrogen-bond acceptors (Lipinski definition) is 12. The summed E-state index contributed by atoms with van der Waals surface area (Å²) in [7, 11) is -7.35. The van der Waals surface area contributed by atoms with E-state index in [0.717, 1.165) is 44.9 Å². The quantitative estimate of drug-likeness (QED) is 0.159. The molecule has 6 rings (SSSR count). The number of aliphatic imine (C=N–C) groups is 1. The van der Waals surface area contributed by atoms with Gasteiger partial charge in [0.15, 0.2) is 9.84 Å². The van der Waals surface area contributed by atoms with Crippen LogP contribution in [-0.2, 0) is 44.6 Å². The lowest BCUT2D eigenvalue weighted by Crippen LogP contribution is -2.64. The van der Waals surface area contributed by atoms with Gasteiger partial charge in [-0.25, -0.2) is 31.2 Å². The largest absolute Gasteiger partial charge is 0.384 e. The van der Waals surface area contributed by atoms with Crippen LogP contribution in [0.15, 0.2) is 40.4 Å². The first kappa shape index (κ1) is 41.2. The molecule has 20 heteroatoms.